The molecule has 0 radical (unpaired) electrons. The molecule has 1 aromatic rings. The lowest BCUT2D eigenvalue weighted by molar-refractivity contribution is -0.145. The number of fused-ring (bicyclic) bond motifs is 1. The Morgan fingerprint density at radius 3 is 2.88 bits per heavy atom. The number of carbonyl (C=O) groups excluding carboxylic acids is 1. The van der Waals surface area contributed by atoms with Crippen LogP contribution in [-0.2, 0) is 16.0 Å². The quantitative estimate of drug-likeness (QED) is 0.706. The van der Waals surface area contributed by atoms with Crippen molar-refractivity contribution in [2.75, 3.05) is 5.32 Å². The van der Waals surface area contributed by atoms with Crippen LogP contribution in [0, 0.1) is 18.7 Å². The second-order valence-electron chi connectivity index (χ2n) is 3.87. The second-order valence-corrected chi connectivity index (χ2v) is 3.87. The van der Waals surface area contributed by atoms with Gasteiger partial charge in [-0.3, -0.25) is 9.59 Å². The lowest BCUT2D eigenvalue weighted by Crippen LogP contribution is -2.35. The van der Waals surface area contributed by atoms with Crippen LogP contribution in [0.4, 0.5) is 10.1 Å². The molecular weight excluding hydrogens is 213 g/mol. The number of benzene rings is 1. The molecule has 5 heteroatoms. The summed E-state index contributed by atoms with van der Waals surface area (Å²) in [5, 5.41) is 11.1. The van der Waals surface area contributed by atoms with E-state index in [4.69, 9.17) is 5.11 Å². The summed E-state index contributed by atoms with van der Waals surface area (Å²) in [6.45, 7) is 1.72. The van der Waals surface area contributed by atoms with E-state index in [-0.39, 0.29) is 12.1 Å². The van der Waals surface area contributed by atoms with Crippen molar-refractivity contribution in [3.8, 4) is 0 Å². The molecule has 1 unspecified atom stereocenters. The minimum absolute atomic E-state index is 0.0368. The van der Waals surface area contributed by atoms with E-state index >= 15 is 0 Å². The van der Waals surface area contributed by atoms with E-state index in [2.05, 4.69) is 5.32 Å². The van der Waals surface area contributed by atoms with Gasteiger partial charge in [0, 0.05) is 0 Å². The molecule has 0 aromatic heterocycles. The van der Waals surface area contributed by atoms with Crippen LogP contribution in [0.25, 0.3) is 0 Å². The first-order valence-electron chi connectivity index (χ1n) is 4.81. The molecule has 0 bridgehead atoms. The van der Waals surface area contributed by atoms with Crippen LogP contribution < -0.4 is 5.32 Å². The summed E-state index contributed by atoms with van der Waals surface area (Å²) < 4.78 is 13.5. The zero-order valence-electron chi connectivity index (χ0n) is 8.58. The van der Waals surface area contributed by atoms with Crippen molar-refractivity contribution in [3.05, 3.63) is 29.1 Å². The van der Waals surface area contributed by atoms with E-state index in [9.17, 15) is 14.0 Å². The highest BCUT2D eigenvalue weighted by Gasteiger charge is 2.33. The number of amides is 1. The van der Waals surface area contributed by atoms with E-state index in [0.717, 1.165) is 0 Å². The minimum atomic E-state index is -1.19. The summed E-state index contributed by atoms with van der Waals surface area (Å²) in [5.74, 6) is -3.51. The van der Waals surface area contributed by atoms with Crippen molar-refractivity contribution in [3.63, 3.8) is 0 Å². The first-order valence-corrected chi connectivity index (χ1v) is 4.81. The number of nitrogens with one attached hydrogen (secondary N) is 1. The van der Waals surface area contributed by atoms with E-state index in [1.54, 1.807) is 13.0 Å². The van der Waals surface area contributed by atoms with Crippen LogP contribution in [0.1, 0.15) is 11.1 Å². The van der Waals surface area contributed by atoms with E-state index in [0.29, 0.717) is 11.1 Å². The summed E-state index contributed by atoms with van der Waals surface area (Å²) >= 11 is 0. The van der Waals surface area contributed by atoms with Gasteiger partial charge in [0.2, 0.25) is 5.91 Å². The van der Waals surface area contributed by atoms with Crippen LogP contribution in [-0.4, -0.2) is 17.0 Å². The Bertz CT molecular complexity index is 484. The van der Waals surface area contributed by atoms with Crippen LogP contribution in [0.15, 0.2) is 12.1 Å². The van der Waals surface area contributed by atoms with Crippen molar-refractivity contribution >= 4 is 17.6 Å². The number of anilines is 1. The minimum Gasteiger partial charge on any atom is -0.481 e. The topological polar surface area (TPSA) is 66.4 Å². The van der Waals surface area contributed by atoms with Gasteiger partial charge in [0.05, 0.1) is 5.69 Å². The number of rotatable bonds is 1. The van der Waals surface area contributed by atoms with E-state index in [1.165, 1.54) is 6.07 Å². The summed E-state index contributed by atoms with van der Waals surface area (Å²) in [6, 6.07) is 2.99. The molecule has 1 heterocycles. The Hall–Kier alpha value is -1.91. The molecular formula is C11H10FNO3. The predicted octanol–water partition coefficient (Wildman–Crippen LogP) is 1.33. The summed E-state index contributed by atoms with van der Waals surface area (Å²) in [5.41, 5.74) is 1.34. The molecule has 1 aliphatic heterocycles. The third-order valence-corrected chi connectivity index (χ3v) is 2.60. The predicted molar refractivity (Wildman–Crippen MR) is 54.6 cm³/mol. The smallest absolute Gasteiger partial charge is 0.316 e. The van der Waals surface area contributed by atoms with Gasteiger partial charge in [0.25, 0.3) is 0 Å². The molecule has 2 N–H and O–H groups in total. The molecule has 0 spiro atoms. The molecule has 0 saturated heterocycles. The fraction of sp³-hybridized carbons (Fsp3) is 0.273. The first-order chi connectivity index (χ1) is 7.49. The molecule has 0 fully saturated rings. The van der Waals surface area contributed by atoms with Crippen molar-refractivity contribution < 1.29 is 19.1 Å². The number of aryl methyl sites for hydroxylation is 1. The number of carbonyl (C=O) groups is 2. The van der Waals surface area contributed by atoms with Crippen LogP contribution in [0.5, 0.6) is 0 Å². The maximum Gasteiger partial charge on any atom is 0.316 e. The zero-order valence-corrected chi connectivity index (χ0v) is 8.58. The van der Waals surface area contributed by atoms with Crippen molar-refractivity contribution in [2.24, 2.45) is 5.92 Å². The van der Waals surface area contributed by atoms with Gasteiger partial charge in [-0.05, 0) is 30.5 Å². The highest BCUT2D eigenvalue weighted by molar-refractivity contribution is 6.06. The van der Waals surface area contributed by atoms with Crippen LogP contribution in [0.3, 0.4) is 0 Å². The Balaban J connectivity index is 2.47. The van der Waals surface area contributed by atoms with Gasteiger partial charge < -0.3 is 10.4 Å². The maximum absolute atomic E-state index is 13.5. The van der Waals surface area contributed by atoms with Crippen molar-refractivity contribution in [1.82, 2.24) is 0 Å². The second kappa shape index (κ2) is 3.59. The number of carboxylic acid groups (broad SMARTS) is 1. The van der Waals surface area contributed by atoms with Gasteiger partial charge in [-0.1, -0.05) is 6.07 Å². The lowest BCUT2D eigenvalue weighted by atomic mass is 9.92. The van der Waals surface area contributed by atoms with E-state index in [1.807, 2.05) is 0 Å². The number of halogens is 1. The van der Waals surface area contributed by atoms with Gasteiger partial charge in [-0.25, -0.2) is 4.39 Å². The fourth-order valence-corrected chi connectivity index (χ4v) is 1.84. The average Bonchev–Trinajstić information content (AvgIpc) is 2.18. The highest BCUT2D eigenvalue weighted by Crippen LogP contribution is 2.29. The molecule has 4 nitrogen and oxygen atoms in total. The highest BCUT2D eigenvalue weighted by atomic mass is 19.1. The first kappa shape index (κ1) is 10.6. The van der Waals surface area contributed by atoms with Crippen LogP contribution >= 0.6 is 0 Å². The zero-order chi connectivity index (χ0) is 11.9. The molecule has 1 amide bonds. The standard InChI is InChI=1S/C11H10FNO3/c1-5-2-6-4-7(11(15)16)10(14)13-9(6)8(12)3-5/h2-3,7H,4H2,1H3,(H,13,14)(H,15,16). The number of hydrogen-bond acceptors (Lipinski definition) is 2. The number of carboxylic acids is 1. The fourth-order valence-electron chi connectivity index (χ4n) is 1.84. The Morgan fingerprint density at radius 2 is 2.25 bits per heavy atom. The van der Waals surface area contributed by atoms with Crippen molar-refractivity contribution in [2.45, 2.75) is 13.3 Å². The van der Waals surface area contributed by atoms with Crippen LogP contribution in [0.2, 0.25) is 0 Å². The van der Waals surface area contributed by atoms with Gasteiger partial charge >= 0.3 is 5.97 Å². The van der Waals surface area contributed by atoms with Gasteiger partial charge in [-0.2, -0.15) is 0 Å². The van der Waals surface area contributed by atoms with Gasteiger partial charge in [-0.15, -0.1) is 0 Å². The summed E-state index contributed by atoms with van der Waals surface area (Å²) in [6.07, 6.45) is 0.0368. The average molecular weight is 223 g/mol. The molecule has 1 aromatic carbocycles. The normalized spacial score (nSPS) is 18.9. The van der Waals surface area contributed by atoms with Gasteiger partial charge in [0.15, 0.2) is 0 Å². The Kier molecular flexibility index (Phi) is 2.38. The number of hydrogen-bond donors (Lipinski definition) is 2. The SMILES string of the molecule is Cc1cc(F)c2c(c1)CC(C(=O)O)C(=O)N2. The summed E-state index contributed by atoms with van der Waals surface area (Å²) in [7, 11) is 0. The van der Waals surface area contributed by atoms with Crippen molar-refractivity contribution in [1.29, 1.82) is 0 Å². The molecule has 1 aliphatic rings. The molecule has 84 valence electrons. The molecule has 0 saturated carbocycles. The maximum atomic E-state index is 13.5. The third kappa shape index (κ3) is 1.64. The Morgan fingerprint density at radius 1 is 1.56 bits per heavy atom. The molecule has 16 heavy (non-hydrogen) atoms. The Labute approximate surface area is 91.1 Å². The lowest BCUT2D eigenvalue weighted by Gasteiger charge is -2.22. The number of aliphatic carboxylic acids is 1. The largest absolute Gasteiger partial charge is 0.481 e. The monoisotopic (exact) mass is 223 g/mol. The molecule has 2 rings (SSSR count). The summed E-state index contributed by atoms with van der Waals surface area (Å²) in [4.78, 5) is 22.2. The van der Waals surface area contributed by atoms with Gasteiger partial charge in [0.1, 0.15) is 11.7 Å². The third-order valence-electron chi connectivity index (χ3n) is 2.60. The molecule has 1 atom stereocenters. The van der Waals surface area contributed by atoms with E-state index < -0.39 is 23.6 Å². The molecule has 0 aliphatic carbocycles.